The largest absolute Gasteiger partial charge is 0.490 e. The predicted octanol–water partition coefficient (Wildman–Crippen LogP) is 4.06. The van der Waals surface area contributed by atoms with Gasteiger partial charge < -0.3 is 10.5 Å². The molecule has 3 heteroatoms. The van der Waals surface area contributed by atoms with E-state index in [1.54, 1.807) is 12.1 Å². The molecule has 0 aromatic heterocycles. The first-order chi connectivity index (χ1) is 10.2. The zero-order valence-electron chi connectivity index (χ0n) is 12.9. The Labute approximate surface area is 126 Å². The summed E-state index contributed by atoms with van der Waals surface area (Å²) in [5.74, 6) is 2.08. The first kappa shape index (κ1) is 14.8. The normalized spacial score (nSPS) is 31.8. The Balaban J connectivity index is 1.59. The third-order valence-corrected chi connectivity index (χ3v) is 5.18. The fourth-order valence-corrected chi connectivity index (χ4v) is 4.08. The summed E-state index contributed by atoms with van der Waals surface area (Å²) < 4.78 is 19.3. The number of halogens is 1. The molecule has 0 radical (unpaired) electrons. The fourth-order valence-electron chi connectivity index (χ4n) is 4.08. The minimum Gasteiger partial charge on any atom is -0.490 e. The van der Waals surface area contributed by atoms with E-state index in [-0.39, 0.29) is 11.9 Å². The molecule has 1 fully saturated rings. The second-order valence-corrected chi connectivity index (χ2v) is 6.82. The summed E-state index contributed by atoms with van der Waals surface area (Å²) in [5.41, 5.74) is 7.34. The van der Waals surface area contributed by atoms with E-state index in [4.69, 9.17) is 10.5 Å². The lowest BCUT2D eigenvalue weighted by Crippen LogP contribution is -2.38. The smallest absolute Gasteiger partial charge is 0.123 e. The molecule has 0 bridgehead atoms. The van der Waals surface area contributed by atoms with Gasteiger partial charge in [-0.25, -0.2) is 4.39 Å². The van der Waals surface area contributed by atoms with Crippen LogP contribution in [-0.4, -0.2) is 12.1 Å². The van der Waals surface area contributed by atoms with Crippen LogP contribution in [0.3, 0.4) is 0 Å². The van der Waals surface area contributed by atoms with Crippen molar-refractivity contribution >= 4 is 0 Å². The Morgan fingerprint density at radius 2 is 2.19 bits per heavy atom. The van der Waals surface area contributed by atoms with Gasteiger partial charge >= 0.3 is 0 Å². The first-order valence-corrected chi connectivity index (χ1v) is 8.36. The van der Waals surface area contributed by atoms with Gasteiger partial charge in [0.2, 0.25) is 0 Å². The molecule has 116 valence electrons. The summed E-state index contributed by atoms with van der Waals surface area (Å²) in [4.78, 5) is 0. The van der Waals surface area contributed by atoms with Crippen LogP contribution in [-0.2, 0) is 6.42 Å². The highest BCUT2D eigenvalue weighted by molar-refractivity contribution is 5.37. The number of hydrogen-bond donors (Lipinski definition) is 1. The van der Waals surface area contributed by atoms with E-state index in [9.17, 15) is 4.39 Å². The van der Waals surface area contributed by atoms with Crippen molar-refractivity contribution in [2.24, 2.45) is 17.6 Å². The van der Waals surface area contributed by atoms with Crippen LogP contribution in [0.15, 0.2) is 18.2 Å². The molecule has 2 nitrogen and oxygen atoms in total. The average molecular weight is 291 g/mol. The quantitative estimate of drug-likeness (QED) is 0.908. The number of ether oxygens (including phenoxy) is 1. The van der Waals surface area contributed by atoms with Gasteiger partial charge in [-0.2, -0.15) is 0 Å². The third kappa shape index (κ3) is 3.39. The Kier molecular flexibility index (Phi) is 4.48. The monoisotopic (exact) mass is 291 g/mol. The molecule has 2 aliphatic rings. The van der Waals surface area contributed by atoms with Crippen LogP contribution < -0.4 is 10.5 Å². The standard InChI is InChI=1S/C18H26FNO/c1-2-3-12-4-6-17(20)13(8-12)10-16-11-14-9-15(19)5-7-18(14)21-16/h5,7,9,12-13,16-17H,2-4,6,8,10-11,20H2,1H3. The van der Waals surface area contributed by atoms with Gasteiger partial charge in [0.1, 0.15) is 17.7 Å². The van der Waals surface area contributed by atoms with E-state index in [2.05, 4.69) is 6.92 Å². The van der Waals surface area contributed by atoms with E-state index in [1.807, 2.05) is 0 Å². The second kappa shape index (κ2) is 6.35. The van der Waals surface area contributed by atoms with Crippen molar-refractivity contribution in [2.45, 2.75) is 64.0 Å². The maximum Gasteiger partial charge on any atom is 0.123 e. The Morgan fingerprint density at radius 1 is 1.33 bits per heavy atom. The molecule has 1 aromatic rings. The van der Waals surface area contributed by atoms with E-state index in [1.165, 1.54) is 31.7 Å². The van der Waals surface area contributed by atoms with Crippen molar-refractivity contribution < 1.29 is 9.13 Å². The van der Waals surface area contributed by atoms with E-state index in [0.717, 1.165) is 36.5 Å². The highest BCUT2D eigenvalue weighted by Crippen LogP contribution is 2.37. The molecule has 0 spiro atoms. The summed E-state index contributed by atoms with van der Waals surface area (Å²) in [5, 5.41) is 0. The van der Waals surface area contributed by atoms with Gasteiger partial charge in [-0.05, 0) is 55.7 Å². The molecule has 1 aliphatic heterocycles. The molecule has 21 heavy (non-hydrogen) atoms. The molecule has 1 aromatic carbocycles. The van der Waals surface area contributed by atoms with Crippen LogP contribution in [0.4, 0.5) is 4.39 Å². The lowest BCUT2D eigenvalue weighted by Gasteiger charge is -2.35. The zero-order valence-corrected chi connectivity index (χ0v) is 12.9. The maximum atomic E-state index is 13.3. The summed E-state index contributed by atoms with van der Waals surface area (Å²) in [7, 11) is 0. The van der Waals surface area contributed by atoms with E-state index < -0.39 is 0 Å². The van der Waals surface area contributed by atoms with E-state index in [0.29, 0.717) is 12.0 Å². The van der Waals surface area contributed by atoms with Gasteiger partial charge in [0.05, 0.1) is 0 Å². The van der Waals surface area contributed by atoms with Crippen molar-refractivity contribution in [2.75, 3.05) is 0 Å². The minimum absolute atomic E-state index is 0.171. The predicted molar refractivity (Wildman–Crippen MR) is 82.9 cm³/mol. The van der Waals surface area contributed by atoms with Gasteiger partial charge in [-0.3, -0.25) is 0 Å². The van der Waals surface area contributed by atoms with Crippen LogP contribution in [0.5, 0.6) is 5.75 Å². The van der Waals surface area contributed by atoms with Gasteiger partial charge in [-0.1, -0.05) is 19.8 Å². The molecule has 4 atom stereocenters. The van der Waals surface area contributed by atoms with Crippen LogP contribution in [0.2, 0.25) is 0 Å². The first-order valence-electron chi connectivity index (χ1n) is 8.36. The maximum absolute atomic E-state index is 13.3. The molecular formula is C18H26FNO. The summed E-state index contributed by atoms with van der Waals surface area (Å²) in [6, 6.07) is 5.15. The molecule has 1 saturated carbocycles. The molecule has 0 saturated heterocycles. The van der Waals surface area contributed by atoms with Crippen LogP contribution in [0.1, 0.15) is 51.0 Å². The lowest BCUT2D eigenvalue weighted by atomic mass is 9.74. The Hall–Kier alpha value is -1.09. The SMILES string of the molecule is CCCC1CCC(N)C(CC2Cc3cc(F)ccc3O2)C1. The minimum atomic E-state index is -0.171. The van der Waals surface area contributed by atoms with Gasteiger partial charge in [0.25, 0.3) is 0 Å². The molecule has 1 aliphatic carbocycles. The topological polar surface area (TPSA) is 35.2 Å². The van der Waals surface area contributed by atoms with Crippen molar-refractivity contribution in [1.29, 1.82) is 0 Å². The van der Waals surface area contributed by atoms with E-state index >= 15 is 0 Å². The molecule has 0 amide bonds. The number of nitrogens with two attached hydrogens (primary N) is 1. The third-order valence-electron chi connectivity index (χ3n) is 5.18. The van der Waals surface area contributed by atoms with Gasteiger partial charge in [0, 0.05) is 18.0 Å². The van der Waals surface area contributed by atoms with Crippen molar-refractivity contribution in [3.05, 3.63) is 29.6 Å². The number of rotatable bonds is 4. The average Bonchev–Trinajstić information content (AvgIpc) is 2.84. The molecule has 4 unspecified atom stereocenters. The number of hydrogen-bond acceptors (Lipinski definition) is 2. The van der Waals surface area contributed by atoms with Gasteiger partial charge in [0.15, 0.2) is 0 Å². The molecule has 1 heterocycles. The summed E-state index contributed by atoms with van der Waals surface area (Å²) in [6.45, 7) is 2.26. The summed E-state index contributed by atoms with van der Waals surface area (Å²) in [6.07, 6.45) is 8.26. The van der Waals surface area contributed by atoms with Gasteiger partial charge in [-0.15, -0.1) is 0 Å². The Morgan fingerprint density at radius 3 is 3.00 bits per heavy atom. The molecule has 2 N–H and O–H groups in total. The number of benzene rings is 1. The highest BCUT2D eigenvalue weighted by atomic mass is 19.1. The van der Waals surface area contributed by atoms with Crippen LogP contribution >= 0.6 is 0 Å². The van der Waals surface area contributed by atoms with Crippen molar-refractivity contribution in [3.63, 3.8) is 0 Å². The fraction of sp³-hybridized carbons (Fsp3) is 0.667. The Bertz CT molecular complexity index is 490. The molecule has 3 rings (SSSR count). The number of fused-ring (bicyclic) bond motifs is 1. The lowest BCUT2D eigenvalue weighted by molar-refractivity contribution is 0.140. The highest BCUT2D eigenvalue weighted by Gasteiger charge is 2.32. The van der Waals surface area contributed by atoms with Crippen LogP contribution in [0, 0.1) is 17.7 Å². The second-order valence-electron chi connectivity index (χ2n) is 6.82. The zero-order chi connectivity index (χ0) is 14.8. The van der Waals surface area contributed by atoms with Crippen molar-refractivity contribution in [3.8, 4) is 5.75 Å². The molecular weight excluding hydrogens is 265 g/mol. The van der Waals surface area contributed by atoms with Crippen molar-refractivity contribution in [1.82, 2.24) is 0 Å². The summed E-state index contributed by atoms with van der Waals surface area (Å²) >= 11 is 0. The van der Waals surface area contributed by atoms with Crippen LogP contribution in [0.25, 0.3) is 0 Å².